The van der Waals surface area contributed by atoms with Crippen LogP contribution in [0.15, 0.2) is 46.1 Å². The van der Waals surface area contributed by atoms with Crippen LogP contribution in [-0.4, -0.2) is 30.4 Å². The van der Waals surface area contributed by atoms with E-state index in [2.05, 4.69) is 15.0 Å². The van der Waals surface area contributed by atoms with Gasteiger partial charge in [0.15, 0.2) is 0 Å². The second kappa shape index (κ2) is 7.99. The van der Waals surface area contributed by atoms with Crippen molar-refractivity contribution in [3.8, 4) is 0 Å². The number of aryl methyl sites for hydroxylation is 1. The molecule has 0 radical (unpaired) electrons. The van der Waals surface area contributed by atoms with Crippen LogP contribution < -0.4 is 15.6 Å². The fourth-order valence-corrected chi connectivity index (χ4v) is 5.46. The van der Waals surface area contributed by atoms with Crippen LogP contribution in [0.25, 0.3) is 10.9 Å². The van der Waals surface area contributed by atoms with Crippen LogP contribution in [0.1, 0.15) is 12.2 Å². The minimum atomic E-state index is -4.09. The van der Waals surface area contributed by atoms with E-state index in [0.717, 1.165) is 18.7 Å². The molecule has 0 bridgehead atoms. The van der Waals surface area contributed by atoms with Crippen molar-refractivity contribution < 1.29 is 13.2 Å². The molecule has 4 rings (SSSR count). The molecule has 2 aromatic carbocycles. The second-order valence-corrected chi connectivity index (χ2v) is 9.26. The van der Waals surface area contributed by atoms with E-state index in [-0.39, 0.29) is 20.5 Å². The van der Waals surface area contributed by atoms with Gasteiger partial charge in [0.2, 0.25) is 15.9 Å². The molecule has 2 N–H and O–H groups in total. The van der Waals surface area contributed by atoms with Crippen LogP contribution in [0, 0.1) is 0 Å². The van der Waals surface area contributed by atoms with Crippen LogP contribution in [0.4, 0.5) is 5.69 Å². The zero-order valence-electron chi connectivity index (χ0n) is 15.5. The molecule has 1 aliphatic rings. The number of nitrogens with one attached hydrogen (secondary N) is 2. The van der Waals surface area contributed by atoms with Gasteiger partial charge in [-0.15, -0.1) is 0 Å². The Morgan fingerprint density at radius 2 is 1.90 bits per heavy atom. The molecular weight excluding hydrogens is 451 g/mol. The van der Waals surface area contributed by atoms with E-state index in [1.54, 1.807) is 22.8 Å². The number of halogens is 2. The summed E-state index contributed by atoms with van der Waals surface area (Å²) in [5.41, 5.74) is 0.779. The summed E-state index contributed by atoms with van der Waals surface area (Å²) in [5, 5.41) is 2.97. The van der Waals surface area contributed by atoms with Crippen LogP contribution in [0.5, 0.6) is 0 Å². The highest BCUT2D eigenvalue weighted by molar-refractivity contribution is 7.89. The molecule has 1 aromatic heterocycles. The lowest BCUT2D eigenvalue weighted by Crippen LogP contribution is -2.33. The Kier molecular flexibility index (Phi) is 5.54. The van der Waals surface area contributed by atoms with Gasteiger partial charge in [0.25, 0.3) is 5.56 Å². The van der Waals surface area contributed by atoms with Crippen molar-refractivity contribution in [2.45, 2.75) is 24.3 Å². The van der Waals surface area contributed by atoms with Crippen molar-refractivity contribution in [1.29, 1.82) is 0 Å². The van der Waals surface area contributed by atoms with Gasteiger partial charge in [0, 0.05) is 18.7 Å². The number of anilines is 1. The van der Waals surface area contributed by atoms with E-state index in [4.69, 9.17) is 23.2 Å². The fourth-order valence-electron chi connectivity index (χ4n) is 3.34. The van der Waals surface area contributed by atoms with Crippen LogP contribution >= 0.6 is 23.2 Å². The molecular formula is C19H16Cl2N4O4S. The summed E-state index contributed by atoms with van der Waals surface area (Å²) < 4.78 is 28.7. The highest BCUT2D eigenvalue weighted by Crippen LogP contribution is 2.28. The molecule has 30 heavy (non-hydrogen) atoms. The summed E-state index contributed by atoms with van der Waals surface area (Å²) in [6.45, 7) is 0.132. The molecule has 8 nitrogen and oxygen atoms in total. The van der Waals surface area contributed by atoms with E-state index >= 15 is 0 Å². The lowest BCUT2D eigenvalue weighted by molar-refractivity contribution is -0.115. The van der Waals surface area contributed by atoms with Crippen molar-refractivity contribution in [3.05, 3.63) is 62.6 Å². The minimum Gasteiger partial charge on any atom is -0.325 e. The number of carbonyl (C=O) groups is 1. The number of carbonyl (C=O) groups excluding carboxylic acids is 1. The van der Waals surface area contributed by atoms with Crippen molar-refractivity contribution in [2.24, 2.45) is 0 Å². The zero-order chi connectivity index (χ0) is 21.5. The third kappa shape index (κ3) is 3.93. The average Bonchev–Trinajstić information content (AvgIpc) is 3.15. The van der Waals surface area contributed by atoms with Gasteiger partial charge < -0.3 is 5.32 Å². The highest BCUT2D eigenvalue weighted by atomic mass is 35.5. The van der Waals surface area contributed by atoms with Crippen LogP contribution in [0.2, 0.25) is 10.0 Å². The molecule has 0 aliphatic carbocycles. The monoisotopic (exact) mass is 466 g/mol. The van der Waals surface area contributed by atoms with Crippen LogP contribution in [0.3, 0.4) is 0 Å². The van der Waals surface area contributed by atoms with Gasteiger partial charge in [-0.05, 0) is 36.8 Å². The second-order valence-electron chi connectivity index (χ2n) is 6.74. The molecule has 0 unspecified atom stereocenters. The molecule has 11 heteroatoms. The van der Waals surface area contributed by atoms with Gasteiger partial charge >= 0.3 is 0 Å². The van der Waals surface area contributed by atoms with E-state index in [9.17, 15) is 18.0 Å². The van der Waals surface area contributed by atoms with E-state index in [1.807, 2.05) is 0 Å². The van der Waals surface area contributed by atoms with E-state index in [0.29, 0.717) is 23.1 Å². The molecule has 0 fully saturated rings. The van der Waals surface area contributed by atoms with Crippen molar-refractivity contribution >= 4 is 55.7 Å². The molecule has 2 heterocycles. The first-order chi connectivity index (χ1) is 14.3. The summed E-state index contributed by atoms with van der Waals surface area (Å²) in [6.07, 6.45) is 1.60. The van der Waals surface area contributed by atoms with Gasteiger partial charge in [0.1, 0.15) is 10.7 Å². The fraction of sp³-hybridized carbons (Fsp3) is 0.211. The van der Waals surface area contributed by atoms with Crippen molar-refractivity contribution in [2.75, 3.05) is 11.9 Å². The molecule has 1 aliphatic heterocycles. The molecule has 156 valence electrons. The summed E-state index contributed by atoms with van der Waals surface area (Å²) >= 11 is 11.9. The summed E-state index contributed by atoms with van der Waals surface area (Å²) in [6, 6.07) is 9.07. The Morgan fingerprint density at radius 1 is 1.17 bits per heavy atom. The number of benzene rings is 2. The lowest BCUT2D eigenvalue weighted by atomic mass is 10.2. The zero-order valence-corrected chi connectivity index (χ0v) is 17.8. The maximum atomic E-state index is 12.5. The average molecular weight is 467 g/mol. The smallest absolute Gasteiger partial charge is 0.261 e. The largest absolute Gasteiger partial charge is 0.325 e. The summed E-state index contributed by atoms with van der Waals surface area (Å²) in [4.78, 5) is 29.0. The molecule has 3 aromatic rings. The molecule has 0 saturated heterocycles. The van der Waals surface area contributed by atoms with E-state index < -0.39 is 22.5 Å². The van der Waals surface area contributed by atoms with Crippen molar-refractivity contribution in [3.63, 3.8) is 0 Å². The van der Waals surface area contributed by atoms with Crippen molar-refractivity contribution in [1.82, 2.24) is 14.3 Å². The number of amides is 1. The summed E-state index contributed by atoms with van der Waals surface area (Å²) in [5.74, 6) is 0.124. The van der Waals surface area contributed by atoms with Gasteiger partial charge in [-0.1, -0.05) is 29.3 Å². The predicted molar refractivity (Wildman–Crippen MR) is 115 cm³/mol. The first-order valence-electron chi connectivity index (χ1n) is 9.03. The highest BCUT2D eigenvalue weighted by Gasteiger charge is 2.22. The van der Waals surface area contributed by atoms with E-state index in [1.165, 1.54) is 18.2 Å². The Labute approximate surface area is 181 Å². The number of aromatic nitrogens is 2. The standard InChI is InChI=1S/C19H16Cl2N4O4S/c20-13-3-1-4-14(21)18(13)30(28,29)22-10-17(26)23-11-6-7-12-15(9-11)24-16-5-2-8-25(16)19(12)27/h1,3-4,6-7,9,22H,2,5,8,10H2,(H,23,26). The van der Waals surface area contributed by atoms with Gasteiger partial charge in [-0.2, -0.15) is 0 Å². The third-order valence-corrected chi connectivity index (χ3v) is 7.07. The van der Waals surface area contributed by atoms with Crippen LogP contribution in [-0.2, 0) is 27.8 Å². The normalized spacial score (nSPS) is 13.4. The Balaban J connectivity index is 1.50. The molecule has 0 atom stereocenters. The molecule has 0 spiro atoms. The quantitative estimate of drug-likeness (QED) is 0.600. The topological polar surface area (TPSA) is 110 Å². The third-order valence-electron chi connectivity index (χ3n) is 4.71. The number of hydrogen-bond acceptors (Lipinski definition) is 5. The molecule has 0 saturated carbocycles. The Hall–Kier alpha value is -2.46. The minimum absolute atomic E-state index is 0.0465. The maximum Gasteiger partial charge on any atom is 0.261 e. The Bertz CT molecular complexity index is 1320. The number of nitrogens with zero attached hydrogens (tertiary/aromatic N) is 2. The van der Waals surface area contributed by atoms with Gasteiger partial charge in [-0.3, -0.25) is 14.2 Å². The first-order valence-corrected chi connectivity index (χ1v) is 11.3. The van der Waals surface area contributed by atoms with Gasteiger partial charge in [0.05, 0.1) is 27.5 Å². The number of hydrogen-bond donors (Lipinski definition) is 2. The number of sulfonamides is 1. The molecule has 1 amide bonds. The first kappa shape index (κ1) is 20.8. The summed E-state index contributed by atoms with van der Waals surface area (Å²) in [7, 11) is -4.09. The SMILES string of the molecule is O=C(CNS(=O)(=O)c1c(Cl)cccc1Cl)Nc1ccc2c(=O)n3c(nc2c1)CCC3. The number of rotatable bonds is 5. The predicted octanol–water partition coefficient (Wildman–Crippen LogP) is 2.57. The lowest BCUT2D eigenvalue weighted by Gasteiger charge is -2.11. The van der Waals surface area contributed by atoms with Gasteiger partial charge in [-0.25, -0.2) is 18.1 Å². The maximum absolute atomic E-state index is 12.5. The number of fused-ring (bicyclic) bond motifs is 2. The Morgan fingerprint density at radius 3 is 2.63 bits per heavy atom.